The molecule has 3 rings (SSSR count). The summed E-state index contributed by atoms with van der Waals surface area (Å²) in [6.07, 6.45) is 3.21. The minimum absolute atomic E-state index is 0.0969. The van der Waals surface area contributed by atoms with Crippen molar-refractivity contribution in [1.82, 2.24) is 20.1 Å². The van der Waals surface area contributed by atoms with Gasteiger partial charge in [-0.05, 0) is 17.7 Å². The zero-order chi connectivity index (χ0) is 17.6. The normalized spacial score (nSPS) is 10.6. The molecule has 0 bridgehead atoms. The highest BCUT2D eigenvalue weighted by Gasteiger charge is 2.06. The average Bonchev–Trinajstić information content (AvgIpc) is 2.66. The van der Waals surface area contributed by atoms with Crippen molar-refractivity contribution in [2.75, 3.05) is 7.11 Å². The molecule has 0 aliphatic rings. The molecule has 0 unspecified atom stereocenters. The van der Waals surface area contributed by atoms with Crippen molar-refractivity contribution in [3.8, 4) is 5.88 Å². The Kier molecular flexibility index (Phi) is 5.03. The van der Waals surface area contributed by atoms with Gasteiger partial charge in [0.05, 0.1) is 25.4 Å². The van der Waals surface area contributed by atoms with E-state index in [0.717, 1.165) is 11.1 Å². The van der Waals surface area contributed by atoms with Crippen LogP contribution in [-0.4, -0.2) is 27.8 Å². The first-order valence-electron chi connectivity index (χ1n) is 7.88. The van der Waals surface area contributed by atoms with Gasteiger partial charge < -0.3 is 10.1 Å². The molecule has 0 atom stereocenters. The Bertz CT molecular complexity index is 935. The molecule has 0 fully saturated rings. The maximum absolute atomic E-state index is 12.1. The number of carbonyl (C=O) groups is 1. The van der Waals surface area contributed by atoms with Crippen molar-refractivity contribution in [1.29, 1.82) is 0 Å². The van der Waals surface area contributed by atoms with Crippen LogP contribution in [0.4, 0.5) is 0 Å². The van der Waals surface area contributed by atoms with Crippen LogP contribution in [0.25, 0.3) is 10.9 Å². The van der Waals surface area contributed by atoms with E-state index in [1.807, 2.05) is 24.3 Å². The van der Waals surface area contributed by atoms with Gasteiger partial charge in [0.25, 0.3) is 0 Å². The number of nitrogens with one attached hydrogen (secondary N) is 1. The van der Waals surface area contributed by atoms with Gasteiger partial charge in [-0.15, -0.1) is 0 Å². The summed E-state index contributed by atoms with van der Waals surface area (Å²) >= 11 is 0. The Morgan fingerprint density at radius 3 is 2.80 bits per heavy atom. The molecule has 2 heterocycles. The maximum Gasteiger partial charge on any atom is 0.222 e. The van der Waals surface area contributed by atoms with Crippen molar-refractivity contribution in [3.63, 3.8) is 0 Å². The van der Waals surface area contributed by atoms with E-state index in [1.165, 1.54) is 6.20 Å². The van der Waals surface area contributed by atoms with E-state index in [9.17, 15) is 9.59 Å². The van der Waals surface area contributed by atoms with E-state index in [1.54, 1.807) is 30.1 Å². The van der Waals surface area contributed by atoms with Gasteiger partial charge in [-0.1, -0.05) is 18.2 Å². The average molecular weight is 338 g/mol. The van der Waals surface area contributed by atoms with Crippen LogP contribution in [0, 0.1) is 0 Å². The number of fused-ring (bicyclic) bond motifs is 1. The molecule has 7 nitrogen and oxygen atoms in total. The Morgan fingerprint density at radius 2 is 2.04 bits per heavy atom. The molecule has 0 saturated carbocycles. The smallest absolute Gasteiger partial charge is 0.222 e. The standard InChI is InChI=1S/C18H18N4O3/c1-25-18-7-6-13(11-20-18)10-19-17(24)8-9-22-15-5-3-2-4-14(15)16(23)12-21-22/h2-7,11-12H,8-10H2,1H3,(H,19,24). The first-order chi connectivity index (χ1) is 12.2. The molecule has 0 saturated heterocycles. The molecule has 0 spiro atoms. The molecule has 0 aliphatic carbocycles. The number of ether oxygens (including phenoxy) is 1. The van der Waals surface area contributed by atoms with Crippen LogP contribution in [0.2, 0.25) is 0 Å². The quantitative estimate of drug-likeness (QED) is 0.736. The molecule has 3 aromatic rings. The summed E-state index contributed by atoms with van der Waals surface area (Å²) in [4.78, 5) is 28.0. The highest BCUT2D eigenvalue weighted by Crippen LogP contribution is 2.09. The Balaban J connectivity index is 1.59. The Hall–Kier alpha value is -3.22. The predicted octanol–water partition coefficient (Wildman–Crippen LogP) is 1.51. The summed E-state index contributed by atoms with van der Waals surface area (Å²) < 4.78 is 6.67. The van der Waals surface area contributed by atoms with Crippen molar-refractivity contribution in [3.05, 3.63) is 64.6 Å². The number of aromatic nitrogens is 3. The maximum atomic E-state index is 12.1. The predicted molar refractivity (Wildman–Crippen MR) is 93.3 cm³/mol. The number of carbonyl (C=O) groups excluding carboxylic acids is 1. The summed E-state index contributed by atoms with van der Waals surface area (Å²) in [6.45, 7) is 0.793. The number of hydrogen-bond acceptors (Lipinski definition) is 5. The number of hydrogen-bond donors (Lipinski definition) is 1. The topological polar surface area (TPSA) is 86.1 Å². The molecule has 0 radical (unpaired) electrons. The fourth-order valence-electron chi connectivity index (χ4n) is 2.47. The van der Waals surface area contributed by atoms with Gasteiger partial charge >= 0.3 is 0 Å². The molecule has 1 N–H and O–H groups in total. The van der Waals surface area contributed by atoms with Crippen LogP contribution >= 0.6 is 0 Å². The van der Waals surface area contributed by atoms with Crippen LogP contribution < -0.4 is 15.5 Å². The van der Waals surface area contributed by atoms with E-state index >= 15 is 0 Å². The van der Waals surface area contributed by atoms with Crippen molar-refractivity contribution >= 4 is 16.8 Å². The Labute approximate surface area is 144 Å². The number of nitrogens with zero attached hydrogens (tertiary/aromatic N) is 3. The van der Waals surface area contributed by atoms with Crippen LogP contribution in [0.1, 0.15) is 12.0 Å². The van der Waals surface area contributed by atoms with Gasteiger partial charge in [0.2, 0.25) is 17.2 Å². The molecule has 2 aromatic heterocycles. The lowest BCUT2D eigenvalue weighted by molar-refractivity contribution is -0.121. The van der Waals surface area contributed by atoms with Gasteiger partial charge in [0.15, 0.2) is 0 Å². The number of benzene rings is 1. The molecular formula is C18H18N4O3. The minimum atomic E-state index is -0.122. The summed E-state index contributed by atoms with van der Waals surface area (Å²) in [7, 11) is 1.55. The highest BCUT2D eigenvalue weighted by atomic mass is 16.5. The number of para-hydroxylation sites is 1. The van der Waals surface area contributed by atoms with E-state index in [4.69, 9.17) is 4.74 Å². The summed E-state index contributed by atoms with van der Waals surface area (Å²) in [6, 6.07) is 10.8. The van der Waals surface area contributed by atoms with E-state index in [2.05, 4.69) is 15.4 Å². The van der Waals surface area contributed by atoms with Crippen LogP contribution in [0.3, 0.4) is 0 Å². The van der Waals surface area contributed by atoms with E-state index < -0.39 is 0 Å². The fourth-order valence-corrected chi connectivity index (χ4v) is 2.47. The third-order valence-corrected chi connectivity index (χ3v) is 3.81. The molecule has 7 heteroatoms. The number of amides is 1. The largest absolute Gasteiger partial charge is 0.481 e. The minimum Gasteiger partial charge on any atom is -0.481 e. The molecule has 1 amide bonds. The lowest BCUT2D eigenvalue weighted by atomic mass is 10.2. The second kappa shape index (κ2) is 7.57. The number of aryl methyl sites for hydroxylation is 1. The summed E-state index contributed by atoms with van der Waals surface area (Å²) in [5.41, 5.74) is 1.49. The molecule has 128 valence electrons. The first-order valence-corrected chi connectivity index (χ1v) is 7.88. The third kappa shape index (κ3) is 4.00. The molecule has 1 aromatic carbocycles. The summed E-state index contributed by atoms with van der Waals surface area (Å²) in [5, 5.41) is 7.56. The van der Waals surface area contributed by atoms with Gasteiger partial charge in [0.1, 0.15) is 0 Å². The fraction of sp³-hybridized carbons (Fsp3) is 0.222. The number of pyridine rings is 1. The van der Waals surface area contributed by atoms with Crippen molar-refractivity contribution in [2.45, 2.75) is 19.5 Å². The van der Waals surface area contributed by atoms with Gasteiger partial charge in [-0.3, -0.25) is 14.3 Å². The zero-order valence-corrected chi connectivity index (χ0v) is 13.8. The zero-order valence-electron chi connectivity index (χ0n) is 13.8. The molecular weight excluding hydrogens is 320 g/mol. The second-order valence-corrected chi connectivity index (χ2v) is 5.48. The highest BCUT2D eigenvalue weighted by molar-refractivity contribution is 5.79. The molecule has 0 aliphatic heterocycles. The van der Waals surface area contributed by atoms with Crippen LogP contribution in [-0.2, 0) is 17.9 Å². The second-order valence-electron chi connectivity index (χ2n) is 5.48. The lowest BCUT2D eigenvalue weighted by Gasteiger charge is -2.09. The monoisotopic (exact) mass is 338 g/mol. The third-order valence-electron chi connectivity index (χ3n) is 3.81. The van der Waals surface area contributed by atoms with Gasteiger partial charge in [-0.25, -0.2) is 4.98 Å². The van der Waals surface area contributed by atoms with Gasteiger partial charge in [0, 0.05) is 30.6 Å². The number of methoxy groups -OCH3 is 1. The summed E-state index contributed by atoms with van der Waals surface area (Å²) in [5.74, 6) is 0.437. The molecule has 25 heavy (non-hydrogen) atoms. The lowest BCUT2D eigenvalue weighted by Crippen LogP contribution is -2.24. The van der Waals surface area contributed by atoms with E-state index in [0.29, 0.717) is 24.4 Å². The van der Waals surface area contributed by atoms with Crippen molar-refractivity contribution < 1.29 is 9.53 Å². The Morgan fingerprint density at radius 1 is 1.20 bits per heavy atom. The van der Waals surface area contributed by atoms with Gasteiger partial charge in [-0.2, -0.15) is 5.10 Å². The first kappa shape index (κ1) is 16.6. The van der Waals surface area contributed by atoms with E-state index in [-0.39, 0.29) is 17.8 Å². The number of rotatable bonds is 6. The van der Waals surface area contributed by atoms with Crippen LogP contribution in [0.15, 0.2) is 53.6 Å². The SMILES string of the molecule is COc1ccc(CNC(=O)CCn2ncc(=O)c3ccccc32)cn1. The van der Waals surface area contributed by atoms with Crippen LogP contribution in [0.5, 0.6) is 5.88 Å². The van der Waals surface area contributed by atoms with Crippen molar-refractivity contribution in [2.24, 2.45) is 0 Å².